The van der Waals surface area contributed by atoms with Gasteiger partial charge in [-0.3, -0.25) is 0 Å². The maximum atomic E-state index is 12.3. The van der Waals surface area contributed by atoms with Crippen LogP contribution in [0.4, 0.5) is 5.69 Å². The maximum absolute atomic E-state index is 12.3. The highest BCUT2D eigenvalue weighted by molar-refractivity contribution is 7.89. The molecular weight excluding hydrogens is 252 g/mol. The predicted molar refractivity (Wildman–Crippen MR) is 71.8 cm³/mol. The molecule has 102 valence electrons. The monoisotopic (exact) mass is 272 g/mol. The summed E-state index contributed by atoms with van der Waals surface area (Å²) in [4.78, 5) is 0.259. The van der Waals surface area contributed by atoms with Crippen molar-refractivity contribution in [2.45, 2.75) is 18.7 Å². The van der Waals surface area contributed by atoms with Crippen molar-refractivity contribution in [3.8, 4) is 0 Å². The standard InChI is InChI=1S/C12H20N2O3S/c1-3-14(9-10-17-4-2)18(15,16)12-7-5-11(13)6-8-12/h5-8H,3-4,9-10,13H2,1-2H3. The molecule has 5 nitrogen and oxygen atoms in total. The summed E-state index contributed by atoms with van der Waals surface area (Å²) in [5.74, 6) is 0. The molecule has 0 aromatic heterocycles. The lowest BCUT2D eigenvalue weighted by molar-refractivity contribution is 0.135. The third-order valence-corrected chi connectivity index (χ3v) is 4.55. The number of anilines is 1. The lowest BCUT2D eigenvalue weighted by Crippen LogP contribution is -2.33. The van der Waals surface area contributed by atoms with Crippen molar-refractivity contribution in [2.75, 3.05) is 32.0 Å². The SMILES string of the molecule is CCOCCN(CC)S(=O)(=O)c1ccc(N)cc1. The number of rotatable bonds is 7. The summed E-state index contributed by atoms with van der Waals surface area (Å²) in [5, 5.41) is 0. The van der Waals surface area contributed by atoms with Gasteiger partial charge < -0.3 is 10.5 Å². The van der Waals surface area contributed by atoms with Crippen molar-refractivity contribution in [2.24, 2.45) is 0 Å². The van der Waals surface area contributed by atoms with Crippen molar-refractivity contribution >= 4 is 15.7 Å². The highest BCUT2D eigenvalue weighted by Gasteiger charge is 2.22. The van der Waals surface area contributed by atoms with Crippen LogP contribution in [-0.4, -0.2) is 39.0 Å². The zero-order chi connectivity index (χ0) is 13.6. The molecule has 0 aliphatic rings. The fourth-order valence-corrected chi connectivity index (χ4v) is 2.98. The number of nitrogens with zero attached hydrogens (tertiary/aromatic N) is 1. The largest absolute Gasteiger partial charge is 0.399 e. The van der Waals surface area contributed by atoms with E-state index in [0.29, 0.717) is 32.0 Å². The first-order valence-corrected chi connectivity index (χ1v) is 7.39. The summed E-state index contributed by atoms with van der Waals surface area (Å²) in [7, 11) is -3.45. The number of ether oxygens (including phenoxy) is 1. The van der Waals surface area contributed by atoms with Gasteiger partial charge in [0, 0.05) is 25.4 Å². The first-order valence-electron chi connectivity index (χ1n) is 5.95. The molecule has 0 fully saturated rings. The molecule has 0 aliphatic heterocycles. The molecular formula is C12H20N2O3S. The minimum absolute atomic E-state index is 0.259. The number of benzene rings is 1. The van der Waals surface area contributed by atoms with Crippen molar-refractivity contribution in [1.29, 1.82) is 0 Å². The molecule has 2 N–H and O–H groups in total. The van der Waals surface area contributed by atoms with Crippen LogP contribution in [0.1, 0.15) is 13.8 Å². The summed E-state index contributed by atoms with van der Waals surface area (Å²) in [6, 6.07) is 6.22. The Morgan fingerprint density at radius 2 is 1.83 bits per heavy atom. The summed E-state index contributed by atoms with van der Waals surface area (Å²) >= 11 is 0. The average molecular weight is 272 g/mol. The molecule has 0 saturated carbocycles. The van der Waals surface area contributed by atoms with Crippen molar-refractivity contribution in [1.82, 2.24) is 4.31 Å². The topological polar surface area (TPSA) is 72.6 Å². The predicted octanol–water partition coefficient (Wildman–Crippen LogP) is 1.32. The summed E-state index contributed by atoms with van der Waals surface area (Å²) in [5.41, 5.74) is 6.10. The minimum atomic E-state index is -3.45. The fraction of sp³-hybridized carbons (Fsp3) is 0.500. The highest BCUT2D eigenvalue weighted by Crippen LogP contribution is 2.16. The van der Waals surface area contributed by atoms with E-state index in [-0.39, 0.29) is 4.90 Å². The van der Waals surface area contributed by atoms with E-state index in [0.717, 1.165) is 0 Å². The Bertz CT molecular complexity index is 457. The van der Waals surface area contributed by atoms with Crippen LogP contribution in [0.25, 0.3) is 0 Å². The zero-order valence-electron chi connectivity index (χ0n) is 10.8. The van der Waals surface area contributed by atoms with Crippen LogP contribution in [0.2, 0.25) is 0 Å². The van der Waals surface area contributed by atoms with E-state index in [1.807, 2.05) is 6.92 Å². The normalized spacial score (nSPS) is 11.9. The average Bonchev–Trinajstić information content (AvgIpc) is 2.35. The van der Waals surface area contributed by atoms with E-state index in [1.165, 1.54) is 16.4 Å². The van der Waals surface area contributed by atoms with Crippen molar-refractivity contribution < 1.29 is 13.2 Å². The molecule has 0 bridgehead atoms. The van der Waals surface area contributed by atoms with Crippen LogP contribution in [0.3, 0.4) is 0 Å². The lowest BCUT2D eigenvalue weighted by Gasteiger charge is -2.20. The van der Waals surface area contributed by atoms with Gasteiger partial charge in [0.1, 0.15) is 0 Å². The van der Waals surface area contributed by atoms with E-state index in [1.54, 1.807) is 19.1 Å². The lowest BCUT2D eigenvalue weighted by atomic mass is 10.3. The maximum Gasteiger partial charge on any atom is 0.243 e. The molecule has 0 amide bonds. The first-order chi connectivity index (χ1) is 8.52. The second kappa shape index (κ2) is 6.72. The fourth-order valence-electron chi connectivity index (χ4n) is 1.55. The van der Waals surface area contributed by atoms with Gasteiger partial charge in [-0.25, -0.2) is 8.42 Å². The van der Waals surface area contributed by atoms with E-state index in [2.05, 4.69) is 0 Å². The third kappa shape index (κ3) is 3.69. The molecule has 0 spiro atoms. The van der Waals surface area contributed by atoms with Crippen molar-refractivity contribution in [3.63, 3.8) is 0 Å². The van der Waals surface area contributed by atoms with Gasteiger partial charge in [-0.1, -0.05) is 6.92 Å². The number of nitrogens with two attached hydrogens (primary N) is 1. The molecule has 18 heavy (non-hydrogen) atoms. The Morgan fingerprint density at radius 1 is 1.22 bits per heavy atom. The minimum Gasteiger partial charge on any atom is -0.399 e. The number of sulfonamides is 1. The van der Waals surface area contributed by atoms with Gasteiger partial charge in [0.25, 0.3) is 0 Å². The quantitative estimate of drug-likeness (QED) is 0.600. The van der Waals surface area contributed by atoms with Crippen LogP contribution in [0.5, 0.6) is 0 Å². The van der Waals surface area contributed by atoms with Gasteiger partial charge in [-0.15, -0.1) is 0 Å². The molecule has 0 radical (unpaired) electrons. The van der Waals surface area contributed by atoms with Crippen LogP contribution in [-0.2, 0) is 14.8 Å². The van der Waals surface area contributed by atoms with Gasteiger partial charge in [0.05, 0.1) is 11.5 Å². The highest BCUT2D eigenvalue weighted by atomic mass is 32.2. The molecule has 1 aromatic carbocycles. The first kappa shape index (κ1) is 14.9. The van der Waals surface area contributed by atoms with Gasteiger partial charge in [-0.05, 0) is 31.2 Å². The molecule has 1 aromatic rings. The van der Waals surface area contributed by atoms with Gasteiger partial charge >= 0.3 is 0 Å². The van der Waals surface area contributed by atoms with Gasteiger partial charge in [0.15, 0.2) is 0 Å². The van der Waals surface area contributed by atoms with Crippen LogP contribution in [0, 0.1) is 0 Å². The number of nitrogen functional groups attached to an aromatic ring is 1. The molecule has 0 aliphatic carbocycles. The second-order valence-corrected chi connectivity index (χ2v) is 5.70. The van der Waals surface area contributed by atoms with E-state index in [4.69, 9.17) is 10.5 Å². The van der Waals surface area contributed by atoms with Crippen LogP contribution < -0.4 is 5.73 Å². The van der Waals surface area contributed by atoms with Gasteiger partial charge in [0.2, 0.25) is 10.0 Å². The molecule has 1 rings (SSSR count). The van der Waals surface area contributed by atoms with E-state index in [9.17, 15) is 8.42 Å². The Kier molecular flexibility index (Phi) is 5.58. The van der Waals surface area contributed by atoms with E-state index >= 15 is 0 Å². The van der Waals surface area contributed by atoms with Crippen LogP contribution in [0.15, 0.2) is 29.2 Å². The Morgan fingerprint density at radius 3 is 2.33 bits per heavy atom. The number of hydrogen-bond donors (Lipinski definition) is 1. The smallest absolute Gasteiger partial charge is 0.243 e. The summed E-state index contributed by atoms with van der Waals surface area (Å²) in [6.07, 6.45) is 0. The Hall–Kier alpha value is -1.11. The molecule has 0 atom stereocenters. The molecule has 0 heterocycles. The second-order valence-electron chi connectivity index (χ2n) is 3.76. The third-order valence-electron chi connectivity index (χ3n) is 2.56. The van der Waals surface area contributed by atoms with E-state index < -0.39 is 10.0 Å². The van der Waals surface area contributed by atoms with Crippen LogP contribution >= 0.6 is 0 Å². The number of hydrogen-bond acceptors (Lipinski definition) is 4. The molecule has 0 saturated heterocycles. The molecule has 6 heteroatoms. The number of likely N-dealkylation sites (N-methyl/N-ethyl adjacent to an activating group) is 1. The van der Waals surface area contributed by atoms with Gasteiger partial charge in [-0.2, -0.15) is 4.31 Å². The summed E-state index contributed by atoms with van der Waals surface area (Å²) < 4.78 is 31.2. The zero-order valence-corrected chi connectivity index (χ0v) is 11.6. The molecule has 0 unspecified atom stereocenters. The summed E-state index contributed by atoms with van der Waals surface area (Å²) in [6.45, 7) is 5.44. The Balaban J connectivity index is 2.85. The Labute approximate surface area is 109 Å². The van der Waals surface area contributed by atoms with Crippen molar-refractivity contribution in [3.05, 3.63) is 24.3 Å².